The van der Waals surface area contributed by atoms with Crippen LogP contribution in [0.5, 0.6) is 0 Å². The first kappa shape index (κ1) is 15.6. The summed E-state index contributed by atoms with van der Waals surface area (Å²) in [6.07, 6.45) is 6.26. The minimum absolute atomic E-state index is 0.0213. The molecule has 0 bridgehead atoms. The molecule has 0 aliphatic heterocycles. The maximum Gasteiger partial charge on any atom is 0.292 e. The number of nitro benzene ring substituents is 1. The second kappa shape index (κ2) is 6.80. The number of hydrogen-bond acceptors (Lipinski definition) is 5. The number of anilines is 1. The maximum absolute atomic E-state index is 11.2. The van der Waals surface area contributed by atoms with Crippen LogP contribution in [-0.4, -0.2) is 28.4 Å². The molecule has 2 rings (SSSR count). The van der Waals surface area contributed by atoms with Gasteiger partial charge in [-0.15, -0.1) is 0 Å². The molecule has 1 amide bonds. The van der Waals surface area contributed by atoms with Crippen LogP contribution in [0.3, 0.4) is 0 Å². The van der Waals surface area contributed by atoms with E-state index in [1.54, 1.807) is 0 Å². The number of rotatable bonds is 5. The highest BCUT2D eigenvalue weighted by molar-refractivity contribution is 7.99. The Hall–Kier alpha value is -1.76. The summed E-state index contributed by atoms with van der Waals surface area (Å²) in [7, 11) is 0. The Morgan fingerprint density at radius 2 is 2.05 bits per heavy atom. The van der Waals surface area contributed by atoms with Gasteiger partial charge in [0.2, 0.25) is 5.91 Å². The zero-order valence-electron chi connectivity index (χ0n) is 11.9. The smallest absolute Gasteiger partial charge is 0.292 e. The summed E-state index contributed by atoms with van der Waals surface area (Å²) in [6, 6.07) is 4.39. The highest BCUT2D eigenvalue weighted by Gasteiger charge is 2.23. The molecule has 6 nitrogen and oxygen atoms in total. The molecule has 0 unspecified atom stereocenters. The minimum Gasteiger partial charge on any atom is -0.377 e. The van der Waals surface area contributed by atoms with E-state index in [9.17, 15) is 14.9 Å². The number of hydrogen-bond donors (Lipinski definition) is 2. The van der Waals surface area contributed by atoms with Gasteiger partial charge in [0.05, 0.1) is 4.92 Å². The molecule has 21 heavy (non-hydrogen) atoms. The number of thioether (sulfide) groups is 1. The van der Waals surface area contributed by atoms with Gasteiger partial charge in [-0.3, -0.25) is 14.9 Å². The van der Waals surface area contributed by atoms with Crippen LogP contribution < -0.4 is 11.1 Å². The Bertz CT molecular complexity index is 542. The van der Waals surface area contributed by atoms with Crippen LogP contribution in [0.1, 0.15) is 36.0 Å². The van der Waals surface area contributed by atoms with Crippen LogP contribution in [-0.2, 0) is 0 Å². The lowest BCUT2D eigenvalue weighted by atomic mass is 9.94. The van der Waals surface area contributed by atoms with E-state index in [4.69, 9.17) is 5.73 Å². The van der Waals surface area contributed by atoms with Crippen molar-refractivity contribution in [3.05, 3.63) is 33.9 Å². The highest BCUT2D eigenvalue weighted by atomic mass is 32.2. The molecular weight excluding hydrogens is 290 g/mol. The minimum atomic E-state index is -0.584. The van der Waals surface area contributed by atoms with Gasteiger partial charge >= 0.3 is 0 Å². The molecule has 0 saturated heterocycles. The first-order chi connectivity index (χ1) is 10.0. The van der Waals surface area contributed by atoms with Crippen LogP contribution in [0, 0.1) is 10.1 Å². The number of amides is 1. The molecule has 1 aliphatic carbocycles. The fraction of sp³-hybridized carbons (Fsp3) is 0.500. The summed E-state index contributed by atoms with van der Waals surface area (Å²) in [5.41, 5.74) is 5.87. The molecule has 0 spiro atoms. The number of nitro groups is 1. The van der Waals surface area contributed by atoms with E-state index in [1.807, 2.05) is 11.8 Å². The summed E-state index contributed by atoms with van der Waals surface area (Å²) < 4.78 is 0. The summed E-state index contributed by atoms with van der Waals surface area (Å²) in [4.78, 5) is 21.9. The van der Waals surface area contributed by atoms with E-state index in [0.717, 1.165) is 25.7 Å². The van der Waals surface area contributed by atoms with E-state index < -0.39 is 10.8 Å². The fourth-order valence-corrected chi connectivity index (χ4v) is 3.37. The van der Waals surface area contributed by atoms with Gasteiger partial charge in [-0.2, -0.15) is 11.8 Å². The van der Waals surface area contributed by atoms with Gasteiger partial charge in [0.25, 0.3) is 5.69 Å². The predicted octanol–water partition coefficient (Wildman–Crippen LogP) is 2.78. The van der Waals surface area contributed by atoms with Crippen molar-refractivity contribution >= 4 is 29.0 Å². The molecule has 114 valence electrons. The second-order valence-corrected chi connectivity index (χ2v) is 6.35. The van der Waals surface area contributed by atoms with E-state index >= 15 is 0 Å². The van der Waals surface area contributed by atoms with Crippen molar-refractivity contribution in [3.8, 4) is 0 Å². The van der Waals surface area contributed by atoms with E-state index in [-0.39, 0.29) is 17.3 Å². The van der Waals surface area contributed by atoms with Crippen LogP contribution in [0.2, 0.25) is 0 Å². The summed E-state index contributed by atoms with van der Waals surface area (Å²) in [5, 5.41) is 15.0. The maximum atomic E-state index is 11.2. The zero-order chi connectivity index (χ0) is 15.4. The molecule has 0 heterocycles. The Morgan fingerprint density at radius 3 is 2.57 bits per heavy atom. The Labute approximate surface area is 127 Å². The number of carbonyl (C=O) groups excluding carboxylic acids is 1. The number of primary amides is 1. The third-order valence-corrected chi connectivity index (χ3v) is 4.98. The standard InChI is InChI=1S/C14H19N3O3S/c1-21-11-5-3-10(4-6-11)16-12-8-9(14(15)18)2-7-13(12)17(19)20/h2,7-8,10-11,16H,3-6H2,1H3,(H2,15,18). The number of carbonyl (C=O) groups is 1. The lowest BCUT2D eigenvalue weighted by molar-refractivity contribution is -0.384. The normalized spacial score (nSPS) is 21.8. The highest BCUT2D eigenvalue weighted by Crippen LogP contribution is 2.32. The number of nitrogens with one attached hydrogen (secondary N) is 1. The van der Waals surface area contributed by atoms with Crippen molar-refractivity contribution < 1.29 is 9.72 Å². The van der Waals surface area contributed by atoms with Crippen molar-refractivity contribution in [1.29, 1.82) is 0 Å². The molecule has 1 aromatic rings. The van der Waals surface area contributed by atoms with Crippen molar-refractivity contribution in [2.45, 2.75) is 37.0 Å². The van der Waals surface area contributed by atoms with Crippen molar-refractivity contribution in [3.63, 3.8) is 0 Å². The Morgan fingerprint density at radius 1 is 1.38 bits per heavy atom. The molecule has 1 aliphatic rings. The average Bonchev–Trinajstić information content (AvgIpc) is 2.47. The summed E-state index contributed by atoms with van der Waals surface area (Å²) in [5.74, 6) is -0.584. The molecule has 1 saturated carbocycles. The lowest BCUT2D eigenvalue weighted by Crippen LogP contribution is -2.27. The topological polar surface area (TPSA) is 98.3 Å². The zero-order valence-corrected chi connectivity index (χ0v) is 12.7. The van der Waals surface area contributed by atoms with Crippen molar-refractivity contribution in [2.75, 3.05) is 11.6 Å². The number of nitrogens with two attached hydrogens (primary N) is 1. The van der Waals surface area contributed by atoms with E-state index in [0.29, 0.717) is 10.9 Å². The SMILES string of the molecule is CSC1CCC(Nc2cc(C(N)=O)ccc2[N+](=O)[O-])CC1. The molecule has 1 aromatic carbocycles. The quantitative estimate of drug-likeness (QED) is 0.643. The summed E-state index contributed by atoms with van der Waals surface area (Å²) in [6.45, 7) is 0. The van der Waals surface area contributed by atoms with Gasteiger partial charge in [-0.1, -0.05) is 0 Å². The average molecular weight is 309 g/mol. The van der Waals surface area contributed by atoms with Gasteiger partial charge in [0.1, 0.15) is 5.69 Å². The van der Waals surface area contributed by atoms with Crippen LogP contribution in [0.4, 0.5) is 11.4 Å². The van der Waals surface area contributed by atoms with Gasteiger partial charge in [0.15, 0.2) is 0 Å². The van der Waals surface area contributed by atoms with E-state index in [2.05, 4.69) is 11.6 Å². The van der Waals surface area contributed by atoms with Crippen LogP contribution >= 0.6 is 11.8 Å². The van der Waals surface area contributed by atoms with Gasteiger partial charge in [0, 0.05) is 22.9 Å². The second-order valence-electron chi connectivity index (χ2n) is 5.21. The monoisotopic (exact) mass is 309 g/mol. The molecular formula is C14H19N3O3S. The molecule has 0 radical (unpaired) electrons. The Kier molecular flexibility index (Phi) is 5.06. The largest absolute Gasteiger partial charge is 0.377 e. The molecule has 3 N–H and O–H groups in total. The van der Waals surface area contributed by atoms with Crippen LogP contribution in [0.15, 0.2) is 18.2 Å². The van der Waals surface area contributed by atoms with E-state index in [1.165, 1.54) is 18.2 Å². The first-order valence-corrected chi connectivity index (χ1v) is 8.17. The summed E-state index contributed by atoms with van der Waals surface area (Å²) >= 11 is 1.87. The lowest BCUT2D eigenvalue weighted by Gasteiger charge is -2.28. The van der Waals surface area contributed by atoms with Gasteiger partial charge in [-0.25, -0.2) is 0 Å². The molecule has 0 atom stereocenters. The van der Waals surface area contributed by atoms with Crippen molar-refractivity contribution in [1.82, 2.24) is 0 Å². The third-order valence-electron chi connectivity index (χ3n) is 3.84. The fourth-order valence-electron chi connectivity index (χ4n) is 2.63. The van der Waals surface area contributed by atoms with Gasteiger partial charge in [-0.05, 0) is 44.1 Å². The molecule has 7 heteroatoms. The van der Waals surface area contributed by atoms with Gasteiger partial charge < -0.3 is 11.1 Å². The third kappa shape index (κ3) is 3.87. The van der Waals surface area contributed by atoms with Crippen LogP contribution in [0.25, 0.3) is 0 Å². The number of benzene rings is 1. The number of nitrogens with zero attached hydrogens (tertiary/aromatic N) is 1. The Balaban J connectivity index is 2.15. The molecule has 0 aromatic heterocycles. The first-order valence-electron chi connectivity index (χ1n) is 6.89. The molecule has 1 fully saturated rings. The predicted molar refractivity (Wildman–Crippen MR) is 84.8 cm³/mol. The van der Waals surface area contributed by atoms with Crippen molar-refractivity contribution in [2.24, 2.45) is 5.73 Å².